The number of hydrogen-bond acceptors (Lipinski definition) is 4. The van der Waals surface area contributed by atoms with Gasteiger partial charge in [-0.1, -0.05) is 12.2 Å². The molecule has 0 saturated heterocycles. The number of carboxylic acids is 1. The van der Waals surface area contributed by atoms with E-state index in [9.17, 15) is 14.4 Å². The van der Waals surface area contributed by atoms with Crippen LogP contribution in [-0.2, 0) is 19.1 Å². The maximum absolute atomic E-state index is 11.0. The van der Waals surface area contributed by atoms with Gasteiger partial charge in [0.1, 0.15) is 0 Å². The van der Waals surface area contributed by atoms with E-state index in [2.05, 4.69) is 4.74 Å². The molecular formula is C11H14O5. The van der Waals surface area contributed by atoms with Gasteiger partial charge in [0.05, 0.1) is 0 Å². The predicted molar refractivity (Wildman–Crippen MR) is 56.5 cm³/mol. The molecule has 0 atom stereocenters. The zero-order valence-corrected chi connectivity index (χ0v) is 9.01. The first-order valence-corrected chi connectivity index (χ1v) is 4.83. The van der Waals surface area contributed by atoms with Crippen molar-refractivity contribution in [1.29, 1.82) is 0 Å². The van der Waals surface area contributed by atoms with E-state index in [1.54, 1.807) is 0 Å². The summed E-state index contributed by atoms with van der Waals surface area (Å²) in [5, 5.41) is 8.21. The number of rotatable bonds is 6. The molecule has 1 N–H and O–H groups in total. The summed E-state index contributed by atoms with van der Waals surface area (Å²) in [7, 11) is 0. The van der Waals surface area contributed by atoms with Gasteiger partial charge in [0, 0.05) is 18.6 Å². The molecule has 0 aromatic carbocycles. The average Bonchev–Trinajstić information content (AvgIpc) is 2.21. The van der Waals surface area contributed by atoms with Crippen molar-refractivity contribution in [3.63, 3.8) is 0 Å². The monoisotopic (exact) mass is 226 g/mol. The fourth-order valence-electron chi connectivity index (χ4n) is 0.867. The van der Waals surface area contributed by atoms with Crippen LogP contribution in [0.3, 0.4) is 0 Å². The number of allylic oxidation sites excluding steroid dienone is 2. The molecule has 0 amide bonds. The minimum atomic E-state index is -1.27. The molecule has 0 spiro atoms. The number of ether oxygens (including phenoxy) is 1. The topological polar surface area (TPSA) is 80.7 Å². The number of unbranched alkanes of at least 4 members (excludes halogenated alkanes) is 1. The molecule has 16 heavy (non-hydrogen) atoms. The summed E-state index contributed by atoms with van der Waals surface area (Å²) < 4.78 is 4.33. The average molecular weight is 226 g/mol. The summed E-state index contributed by atoms with van der Waals surface area (Å²) in [5.41, 5.74) is 0. The standard InChI is InChI=1S/C11H14O5/c1-2-3-4-5-6-10(14)16-11(15)8-7-9(12)13/h2-3,7-8H,4-6H2,1H3,(H,12,13). The molecule has 88 valence electrons. The first-order valence-electron chi connectivity index (χ1n) is 4.83. The lowest BCUT2D eigenvalue weighted by Crippen LogP contribution is -2.10. The van der Waals surface area contributed by atoms with Crippen molar-refractivity contribution in [2.45, 2.75) is 26.2 Å². The maximum Gasteiger partial charge on any atom is 0.338 e. The van der Waals surface area contributed by atoms with Gasteiger partial charge in [0.25, 0.3) is 0 Å². The summed E-state index contributed by atoms with van der Waals surface area (Å²) in [6.07, 6.45) is 6.56. The third kappa shape index (κ3) is 8.68. The molecule has 0 saturated carbocycles. The van der Waals surface area contributed by atoms with Gasteiger partial charge < -0.3 is 9.84 Å². The van der Waals surface area contributed by atoms with Crippen LogP contribution in [0.4, 0.5) is 0 Å². The number of carbonyl (C=O) groups is 3. The van der Waals surface area contributed by atoms with Gasteiger partial charge in [0.2, 0.25) is 0 Å². The van der Waals surface area contributed by atoms with Crippen LogP contribution in [0.15, 0.2) is 24.3 Å². The van der Waals surface area contributed by atoms with Crippen molar-refractivity contribution in [1.82, 2.24) is 0 Å². The van der Waals surface area contributed by atoms with Crippen LogP contribution in [0.2, 0.25) is 0 Å². The van der Waals surface area contributed by atoms with Crippen molar-refractivity contribution < 1.29 is 24.2 Å². The largest absolute Gasteiger partial charge is 0.478 e. The first-order chi connectivity index (χ1) is 7.56. The minimum Gasteiger partial charge on any atom is -0.478 e. The zero-order chi connectivity index (χ0) is 12.4. The Bertz CT molecular complexity index is 314. The van der Waals surface area contributed by atoms with Gasteiger partial charge in [-0.15, -0.1) is 0 Å². The fourth-order valence-corrected chi connectivity index (χ4v) is 0.867. The second-order valence-electron chi connectivity index (χ2n) is 2.93. The Labute approximate surface area is 93.4 Å². The molecule has 0 aliphatic rings. The fraction of sp³-hybridized carbons (Fsp3) is 0.364. The van der Waals surface area contributed by atoms with Crippen molar-refractivity contribution in [2.75, 3.05) is 0 Å². The van der Waals surface area contributed by atoms with Crippen LogP contribution in [0.5, 0.6) is 0 Å². The van der Waals surface area contributed by atoms with Gasteiger partial charge in [-0.2, -0.15) is 0 Å². The third-order valence-corrected chi connectivity index (χ3v) is 1.56. The Morgan fingerprint density at radius 1 is 1.25 bits per heavy atom. The Morgan fingerprint density at radius 2 is 1.94 bits per heavy atom. The smallest absolute Gasteiger partial charge is 0.338 e. The van der Waals surface area contributed by atoms with Crippen LogP contribution in [0, 0.1) is 0 Å². The highest BCUT2D eigenvalue weighted by atomic mass is 16.6. The molecule has 0 aromatic rings. The Kier molecular flexibility index (Phi) is 7.40. The molecule has 0 aromatic heterocycles. The van der Waals surface area contributed by atoms with Crippen molar-refractivity contribution >= 4 is 17.9 Å². The normalized spacial score (nSPS) is 10.8. The van der Waals surface area contributed by atoms with E-state index < -0.39 is 17.9 Å². The Balaban J connectivity index is 3.78. The summed E-state index contributed by atoms with van der Waals surface area (Å²) in [5.74, 6) is -2.87. The third-order valence-electron chi connectivity index (χ3n) is 1.56. The number of aliphatic carboxylic acids is 1. The van der Waals surface area contributed by atoms with E-state index in [4.69, 9.17) is 5.11 Å². The highest BCUT2D eigenvalue weighted by molar-refractivity contribution is 5.95. The minimum absolute atomic E-state index is 0.136. The van der Waals surface area contributed by atoms with Crippen molar-refractivity contribution in [3.05, 3.63) is 24.3 Å². The van der Waals surface area contributed by atoms with E-state index in [0.717, 1.165) is 6.42 Å². The molecule has 0 heterocycles. The molecule has 0 bridgehead atoms. The van der Waals surface area contributed by atoms with Gasteiger partial charge >= 0.3 is 17.9 Å². The Hall–Kier alpha value is -1.91. The van der Waals surface area contributed by atoms with E-state index in [-0.39, 0.29) is 6.42 Å². The maximum atomic E-state index is 11.0. The molecule has 5 heteroatoms. The summed E-state index contributed by atoms with van der Waals surface area (Å²) in [6.45, 7) is 1.87. The van der Waals surface area contributed by atoms with Gasteiger partial charge in [-0.05, 0) is 19.8 Å². The lowest BCUT2D eigenvalue weighted by atomic mass is 10.2. The van der Waals surface area contributed by atoms with Gasteiger partial charge in [-0.3, -0.25) is 4.79 Å². The van der Waals surface area contributed by atoms with Crippen LogP contribution >= 0.6 is 0 Å². The quantitative estimate of drug-likeness (QED) is 0.244. The summed E-state index contributed by atoms with van der Waals surface area (Å²) in [6, 6.07) is 0. The number of esters is 2. The lowest BCUT2D eigenvalue weighted by molar-refractivity contribution is -0.156. The summed E-state index contributed by atoms with van der Waals surface area (Å²) in [4.78, 5) is 31.9. The number of carboxylic acid groups (broad SMARTS) is 1. The second kappa shape index (κ2) is 8.40. The highest BCUT2D eigenvalue weighted by Crippen LogP contribution is 1.99. The number of hydrogen-bond donors (Lipinski definition) is 1. The van der Waals surface area contributed by atoms with Crippen LogP contribution in [-0.4, -0.2) is 23.0 Å². The Morgan fingerprint density at radius 3 is 2.50 bits per heavy atom. The van der Waals surface area contributed by atoms with E-state index >= 15 is 0 Å². The van der Waals surface area contributed by atoms with Crippen molar-refractivity contribution in [3.8, 4) is 0 Å². The molecule has 0 rings (SSSR count). The zero-order valence-electron chi connectivity index (χ0n) is 9.01. The predicted octanol–water partition coefficient (Wildman–Crippen LogP) is 1.44. The molecule has 5 nitrogen and oxygen atoms in total. The molecule has 0 aliphatic carbocycles. The van der Waals surface area contributed by atoms with Crippen LogP contribution in [0.1, 0.15) is 26.2 Å². The number of carbonyl (C=O) groups excluding carboxylic acids is 2. The van der Waals surface area contributed by atoms with Gasteiger partial charge in [0.15, 0.2) is 0 Å². The van der Waals surface area contributed by atoms with Gasteiger partial charge in [-0.25, -0.2) is 9.59 Å². The molecule has 0 aliphatic heterocycles. The molecule has 0 fully saturated rings. The van der Waals surface area contributed by atoms with E-state index in [1.807, 2.05) is 19.1 Å². The molecule has 0 radical (unpaired) electrons. The second-order valence-corrected chi connectivity index (χ2v) is 2.93. The van der Waals surface area contributed by atoms with Crippen molar-refractivity contribution in [2.24, 2.45) is 0 Å². The van der Waals surface area contributed by atoms with Crippen LogP contribution in [0.25, 0.3) is 0 Å². The SMILES string of the molecule is CC=CCCCC(=O)OC(=O)C=CC(=O)O. The molecule has 0 unspecified atom stereocenters. The van der Waals surface area contributed by atoms with E-state index in [0.29, 0.717) is 18.6 Å². The molecular weight excluding hydrogens is 212 g/mol. The highest BCUT2D eigenvalue weighted by Gasteiger charge is 2.06. The lowest BCUT2D eigenvalue weighted by Gasteiger charge is -1.98. The first kappa shape index (κ1) is 14.1. The van der Waals surface area contributed by atoms with E-state index in [1.165, 1.54) is 0 Å². The summed E-state index contributed by atoms with van der Waals surface area (Å²) >= 11 is 0. The van der Waals surface area contributed by atoms with Crippen LogP contribution < -0.4 is 0 Å².